The topological polar surface area (TPSA) is 39.8 Å². The second-order valence-corrected chi connectivity index (χ2v) is 5.11. The van der Waals surface area contributed by atoms with Gasteiger partial charge in [-0.25, -0.2) is 9.48 Å². The van der Waals surface area contributed by atoms with Crippen LogP contribution in [0.5, 0.6) is 0 Å². The molecule has 90 valence electrons. The normalized spacial score (nSPS) is 11.8. The smallest absolute Gasteiger partial charge is 0.278 e. The highest BCUT2D eigenvalue weighted by atomic mass is 16.2. The molecule has 0 aliphatic rings. The van der Waals surface area contributed by atoms with Gasteiger partial charge in [0.2, 0.25) is 0 Å². The van der Waals surface area contributed by atoms with Crippen LogP contribution in [0.25, 0.3) is 11.4 Å². The van der Waals surface area contributed by atoms with Gasteiger partial charge in [0.05, 0.1) is 5.54 Å². The Hall–Kier alpha value is -1.84. The van der Waals surface area contributed by atoms with Gasteiger partial charge in [-0.05, 0) is 20.8 Å². The molecule has 0 fully saturated rings. The Morgan fingerprint density at radius 1 is 1.12 bits per heavy atom. The van der Waals surface area contributed by atoms with Crippen molar-refractivity contribution in [3.8, 4) is 11.4 Å². The summed E-state index contributed by atoms with van der Waals surface area (Å²) < 4.78 is 3.11. The van der Waals surface area contributed by atoms with Gasteiger partial charge in [-0.2, -0.15) is 0 Å². The lowest BCUT2D eigenvalue weighted by Crippen LogP contribution is -2.35. The summed E-state index contributed by atoms with van der Waals surface area (Å²) in [7, 11) is 1.75. The third-order valence-corrected chi connectivity index (χ3v) is 2.65. The van der Waals surface area contributed by atoms with Crippen molar-refractivity contribution < 1.29 is 0 Å². The summed E-state index contributed by atoms with van der Waals surface area (Å²) in [5.74, 6) is 0.700. The zero-order chi connectivity index (χ0) is 12.6. The fraction of sp³-hybridized carbons (Fsp3) is 0.385. The van der Waals surface area contributed by atoms with Gasteiger partial charge in [0.15, 0.2) is 5.82 Å². The molecule has 0 atom stereocenters. The van der Waals surface area contributed by atoms with Crippen molar-refractivity contribution in [2.45, 2.75) is 26.3 Å². The van der Waals surface area contributed by atoms with Crippen LogP contribution in [-0.4, -0.2) is 14.3 Å². The van der Waals surface area contributed by atoms with Crippen LogP contribution in [0.3, 0.4) is 0 Å². The van der Waals surface area contributed by atoms with Gasteiger partial charge in [0, 0.05) is 12.6 Å². The first kappa shape index (κ1) is 11.6. The molecular formula is C13H17N3O. The lowest BCUT2D eigenvalue weighted by molar-refractivity contribution is 0.342. The van der Waals surface area contributed by atoms with E-state index >= 15 is 0 Å². The molecule has 0 radical (unpaired) electrons. The van der Waals surface area contributed by atoms with Crippen LogP contribution in [-0.2, 0) is 12.6 Å². The van der Waals surface area contributed by atoms with Crippen LogP contribution in [0.1, 0.15) is 20.8 Å². The molecular weight excluding hydrogens is 214 g/mol. The number of nitrogens with zero attached hydrogens (tertiary/aromatic N) is 3. The summed E-state index contributed by atoms with van der Waals surface area (Å²) in [4.78, 5) is 12.1. The predicted molar refractivity (Wildman–Crippen MR) is 67.9 cm³/mol. The number of aromatic nitrogens is 3. The number of hydrogen-bond donors (Lipinski definition) is 0. The lowest BCUT2D eigenvalue weighted by Gasteiger charge is -2.16. The van der Waals surface area contributed by atoms with Crippen molar-refractivity contribution >= 4 is 0 Å². The Kier molecular flexibility index (Phi) is 2.65. The van der Waals surface area contributed by atoms with Crippen LogP contribution in [0, 0.1) is 0 Å². The standard InChI is InChI=1S/C13H17N3O/c1-13(2,3)16-12(17)15(4)11(14-16)10-8-6-5-7-9-10/h5-9H,1-4H3. The molecule has 0 N–H and O–H groups in total. The number of benzene rings is 1. The van der Waals surface area contributed by atoms with Crippen LogP contribution < -0.4 is 5.69 Å². The molecule has 4 nitrogen and oxygen atoms in total. The first-order valence-electron chi connectivity index (χ1n) is 5.63. The minimum atomic E-state index is -0.304. The fourth-order valence-electron chi connectivity index (χ4n) is 1.71. The third-order valence-electron chi connectivity index (χ3n) is 2.65. The molecule has 4 heteroatoms. The fourth-order valence-corrected chi connectivity index (χ4v) is 1.71. The summed E-state index contributed by atoms with van der Waals surface area (Å²) in [5.41, 5.74) is 0.563. The van der Waals surface area contributed by atoms with E-state index in [0.717, 1.165) is 5.56 Å². The first-order valence-corrected chi connectivity index (χ1v) is 5.63. The van der Waals surface area contributed by atoms with Gasteiger partial charge >= 0.3 is 5.69 Å². The molecule has 0 spiro atoms. The molecule has 0 amide bonds. The lowest BCUT2D eigenvalue weighted by atomic mass is 10.1. The molecule has 17 heavy (non-hydrogen) atoms. The summed E-state index contributed by atoms with van der Waals surface area (Å²) >= 11 is 0. The molecule has 0 saturated heterocycles. The Morgan fingerprint density at radius 2 is 1.71 bits per heavy atom. The van der Waals surface area contributed by atoms with E-state index in [9.17, 15) is 4.79 Å². The molecule has 2 rings (SSSR count). The van der Waals surface area contributed by atoms with Gasteiger partial charge in [0.1, 0.15) is 0 Å². The van der Waals surface area contributed by atoms with Gasteiger partial charge in [-0.15, -0.1) is 5.10 Å². The Balaban J connectivity index is 2.63. The molecule has 2 aromatic rings. The molecule has 0 aliphatic heterocycles. The minimum Gasteiger partial charge on any atom is -0.278 e. The van der Waals surface area contributed by atoms with Crippen LogP contribution >= 0.6 is 0 Å². The molecule has 1 aromatic heterocycles. The van der Waals surface area contributed by atoms with Crippen LogP contribution in [0.15, 0.2) is 35.1 Å². The number of hydrogen-bond acceptors (Lipinski definition) is 2. The summed E-state index contributed by atoms with van der Waals surface area (Å²) in [6.45, 7) is 5.91. The van der Waals surface area contributed by atoms with E-state index in [0.29, 0.717) is 5.82 Å². The van der Waals surface area contributed by atoms with Crippen LogP contribution in [0.2, 0.25) is 0 Å². The zero-order valence-electron chi connectivity index (χ0n) is 10.6. The predicted octanol–water partition coefficient (Wildman–Crippen LogP) is 2.00. The maximum atomic E-state index is 12.1. The van der Waals surface area contributed by atoms with E-state index < -0.39 is 0 Å². The second-order valence-electron chi connectivity index (χ2n) is 5.11. The van der Waals surface area contributed by atoms with Gasteiger partial charge in [0.25, 0.3) is 0 Å². The quantitative estimate of drug-likeness (QED) is 0.753. The van der Waals surface area contributed by atoms with E-state index in [-0.39, 0.29) is 11.2 Å². The summed E-state index contributed by atoms with van der Waals surface area (Å²) in [6.07, 6.45) is 0. The summed E-state index contributed by atoms with van der Waals surface area (Å²) in [5, 5.41) is 4.42. The Morgan fingerprint density at radius 3 is 2.18 bits per heavy atom. The van der Waals surface area contributed by atoms with Crippen molar-refractivity contribution in [3.05, 3.63) is 40.8 Å². The highest BCUT2D eigenvalue weighted by molar-refractivity contribution is 5.54. The molecule has 1 aromatic carbocycles. The van der Waals surface area contributed by atoms with Crippen molar-refractivity contribution in [1.82, 2.24) is 14.3 Å². The maximum absolute atomic E-state index is 12.1. The van der Waals surface area contributed by atoms with E-state index in [1.54, 1.807) is 11.6 Å². The average molecular weight is 231 g/mol. The monoisotopic (exact) mass is 231 g/mol. The average Bonchev–Trinajstić information content (AvgIpc) is 2.57. The highest BCUT2D eigenvalue weighted by Gasteiger charge is 2.21. The van der Waals surface area contributed by atoms with Gasteiger partial charge in [-0.1, -0.05) is 30.3 Å². The summed E-state index contributed by atoms with van der Waals surface area (Å²) in [6, 6.07) is 9.73. The minimum absolute atomic E-state index is 0.0867. The highest BCUT2D eigenvalue weighted by Crippen LogP contribution is 2.17. The number of rotatable bonds is 1. The van der Waals surface area contributed by atoms with Crippen molar-refractivity contribution in [1.29, 1.82) is 0 Å². The molecule has 1 heterocycles. The molecule has 0 bridgehead atoms. The van der Waals surface area contributed by atoms with Gasteiger partial charge in [-0.3, -0.25) is 4.57 Å². The second kappa shape index (κ2) is 3.87. The SMILES string of the molecule is Cn1c(-c2ccccc2)nn(C(C)(C)C)c1=O. The Labute approximate surface area is 101 Å². The third kappa shape index (κ3) is 2.02. The maximum Gasteiger partial charge on any atom is 0.346 e. The van der Waals surface area contributed by atoms with E-state index in [2.05, 4.69) is 5.10 Å². The molecule has 0 aliphatic carbocycles. The van der Waals surface area contributed by atoms with Crippen molar-refractivity contribution in [2.75, 3.05) is 0 Å². The van der Waals surface area contributed by atoms with Gasteiger partial charge < -0.3 is 0 Å². The van der Waals surface area contributed by atoms with Crippen molar-refractivity contribution in [2.24, 2.45) is 7.05 Å². The Bertz CT molecular complexity index is 573. The van der Waals surface area contributed by atoms with E-state index in [1.165, 1.54) is 4.68 Å². The van der Waals surface area contributed by atoms with E-state index in [1.807, 2.05) is 51.1 Å². The van der Waals surface area contributed by atoms with Crippen LogP contribution in [0.4, 0.5) is 0 Å². The molecule has 0 unspecified atom stereocenters. The molecule has 0 saturated carbocycles. The van der Waals surface area contributed by atoms with Crippen molar-refractivity contribution in [3.63, 3.8) is 0 Å². The largest absolute Gasteiger partial charge is 0.346 e. The zero-order valence-corrected chi connectivity index (χ0v) is 10.6. The first-order chi connectivity index (χ1) is 7.91. The van der Waals surface area contributed by atoms with E-state index in [4.69, 9.17) is 0 Å².